The summed E-state index contributed by atoms with van der Waals surface area (Å²) in [6, 6.07) is 5.18. The lowest BCUT2D eigenvalue weighted by Crippen LogP contribution is -2.02. The Hall–Kier alpha value is -0.590. The van der Waals surface area contributed by atoms with Crippen LogP contribution in [0.3, 0.4) is 0 Å². The van der Waals surface area contributed by atoms with Crippen LogP contribution in [0.5, 0.6) is 0 Å². The van der Waals surface area contributed by atoms with Crippen LogP contribution in [0.2, 0.25) is 0 Å². The Morgan fingerprint density at radius 3 is 2.19 bits per heavy atom. The third kappa shape index (κ3) is 3.47. The minimum Gasteiger partial charge on any atom is -0.244 e. The summed E-state index contributed by atoms with van der Waals surface area (Å²) in [4.78, 5) is 0.391. The van der Waals surface area contributed by atoms with Crippen molar-refractivity contribution in [3.63, 3.8) is 0 Å². The van der Waals surface area contributed by atoms with E-state index in [9.17, 15) is 12.6 Å². The molecule has 0 amide bonds. The predicted octanol–water partition coefficient (Wildman–Crippen LogP) is 2.24. The molecule has 1 aromatic rings. The molecule has 0 aliphatic heterocycles. The zero-order valence-electron chi connectivity index (χ0n) is 9.10. The average molecular weight is 282 g/mol. The van der Waals surface area contributed by atoms with Crippen LogP contribution < -0.4 is 0 Å². The number of halogens is 1. The molecule has 1 rings (SSSR count). The Balaban J connectivity index is 3.51. The van der Waals surface area contributed by atoms with E-state index in [-0.39, 0.29) is 0 Å². The maximum atomic E-state index is 12.1. The first kappa shape index (κ1) is 13.5. The third-order valence-electron chi connectivity index (χ3n) is 1.97. The van der Waals surface area contributed by atoms with Gasteiger partial charge in [-0.25, -0.2) is 4.21 Å². The number of benzene rings is 1. The summed E-state index contributed by atoms with van der Waals surface area (Å²) < 4.78 is 36.9. The SMILES string of the molecule is Cc1ccc([S@@](C)(=O)=NS(=O)(=O)Cl)c(C)c1. The second kappa shape index (κ2) is 4.35. The van der Waals surface area contributed by atoms with Crippen molar-refractivity contribution in [1.29, 1.82) is 0 Å². The molecule has 90 valence electrons. The van der Waals surface area contributed by atoms with Gasteiger partial charge in [-0.15, -0.1) is 0 Å². The first-order chi connectivity index (χ1) is 7.12. The summed E-state index contributed by atoms with van der Waals surface area (Å²) in [6.07, 6.45) is 1.25. The highest BCUT2D eigenvalue weighted by molar-refractivity contribution is 8.17. The summed E-state index contributed by atoms with van der Waals surface area (Å²) in [5, 5.41) is 0. The van der Waals surface area contributed by atoms with Gasteiger partial charge in [0.1, 0.15) is 0 Å². The smallest absolute Gasteiger partial charge is 0.244 e. The van der Waals surface area contributed by atoms with E-state index in [4.69, 9.17) is 10.7 Å². The van der Waals surface area contributed by atoms with Gasteiger partial charge in [-0.1, -0.05) is 21.5 Å². The lowest BCUT2D eigenvalue weighted by molar-refractivity contribution is 0.611. The van der Waals surface area contributed by atoms with Gasteiger partial charge in [0, 0.05) is 16.9 Å². The van der Waals surface area contributed by atoms with Gasteiger partial charge in [-0.3, -0.25) is 0 Å². The van der Waals surface area contributed by atoms with E-state index in [0.717, 1.165) is 11.1 Å². The van der Waals surface area contributed by atoms with E-state index in [0.29, 0.717) is 4.90 Å². The molecule has 1 aromatic carbocycles. The van der Waals surface area contributed by atoms with E-state index in [1.54, 1.807) is 19.1 Å². The minimum absolute atomic E-state index is 0.391. The molecule has 0 saturated heterocycles. The van der Waals surface area contributed by atoms with Crippen molar-refractivity contribution in [3.05, 3.63) is 29.3 Å². The molecule has 0 saturated carbocycles. The molecule has 0 spiro atoms. The van der Waals surface area contributed by atoms with Crippen LogP contribution in [-0.4, -0.2) is 18.9 Å². The molecular formula is C9H12ClNO3S2. The van der Waals surface area contributed by atoms with E-state index in [2.05, 4.69) is 3.77 Å². The molecule has 0 aliphatic carbocycles. The van der Waals surface area contributed by atoms with Gasteiger partial charge in [-0.2, -0.15) is 8.42 Å². The van der Waals surface area contributed by atoms with Crippen LogP contribution in [0, 0.1) is 13.8 Å². The third-order valence-corrected chi connectivity index (χ3v) is 5.60. The Bertz CT molecular complexity index is 628. The first-order valence-electron chi connectivity index (χ1n) is 4.37. The van der Waals surface area contributed by atoms with Crippen LogP contribution in [0.15, 0.2) is 26.9 Å². The highest BCUT2D eigenvalue weighted by Gasteiger charge is 2.13. The number of hydrogen-bond acceptors (Lipinski definition) is 3. The van der Waals surface area contributed by atoms with Crippen LogP contribution >= 0.6 is 10.7 Å². The summed E-state index contributed by atoms with van der Waals surface area (Å²) >= 11 is 0. The largest absolute Gasteiger partial charge is 0.347 e. The fraction of sp³-hybridized carbons (Fsp3) is 0.333. The van der Waals surface area contributed by atoms with Gasteiger partial charge in [0.25, 0.3) is 0 Å². The monoisotopic (exact) mass is 281 g/mol. The Morgan fingerprint density at radius 2 is 1.75 bits per heavy atom. The topological polar surface area (TPSA) is 63.6 Å². The van der Waals surface area contributed by atoms with Crippen molar-refractivity contribution in [3.8, 4) is 0 Å². The second-order valence-corrected chi connectivity index (χ2v) is 8.19. The zero-order chi connectivity index (χ0) is 12.6. The molecule has 0 aromatic heterocycles. The van der Waals surface area contributed by atoms with Crippen molar-refractivity contribution in [2.24, 2.45) is 3.77 Å². The number of nitrogens with zero attached hydrogens (tertiary/aromatic N) is 1. The molecule has 0 fully saturated rings. The maximum absolute atomic E-state index is 12.1. The van der Waals surface area contributed by atoms with Crippen LogP contribution in [0.25, 0.3) is 0 Å². The summed E-state index contributed by atoms with van der Waals surface area (Å²) in [7, 11) is -2.17. The fourth-order valence-corrected chi connectivity index (χ4v) is 5.06. The normalized spacial score (nSPS) is 15.5. The molecule has 0 N–H and O–H groups in total. The second-order valence-electron chi connectivity index (χ2n) is 3.56. The molecule has 4 nitrogen and oxygen atoms in total. The van der Waals surface area contributed by atoms with Crippen LogP contribution in [0.4, 0.5) is 0 Å². The van der Waals surface area contributed by atoms with Gasteiger partial charge in [-0.05, 0) is 25.5 Å². The van der Waals surface area contributed by atoms with Crippen LogP contribution in [-0.2, 0) is 19.0 Å². The molecule has 1 atom stereocenters. The van der Waals surface area contributed by atoms with E-state index >= 15 is 0 Å². The molecule has 0 radical (unpaired) electrons. The van der Waals surface area contributed by atoms with Gasteiger partial charge < -0.3 is 0 Å². The standard InChI is InChI=1S/C9H12ClNO3S2/c1-7-4-5-9(8(2)6-7)15(3,12)11-16(10,13)14/h4-6H,1-3H3/t15-/m1/s1. The Morgan fingerprint density at radius 1 is 1.19 bits per heavy atom. The van der Waals surface area contributed by atoms with Crippen molar-refractivity contribution in [1.82, 2.24) is 0 Å². The van der Waals surface area contributed by atoms with Crippen molar-refractivity contribution < 1.29 is 12.6 Å². The lowest BCUT2D eigenvalue weighted by Gasteiger charge is -2.07. The Labute approximate surface area is 100 Å². The van der Waals surface area contributed by atoms with E-state index in [1.807, 2.05) is 13.0 Å². The summed E-state index contributed by atoms with van der Waals surface area (Å²) in [5.41, 5.74) is 1.74. The Kier molecular flexibility index (Phi) is 3.66. The van der Waals surface area contributed by atoms with Crippen LogP contribution in [0.1, 0.15) is 11.1 Å². The zero-order valence-corrected chi connectivity index (χ0v) is 11.5. The highest BCUT2D eigenvalue weighted by atomic mass is 35.7. The number of rotatable bonds is 2. The molecule has 16 heavy (non-hydrogen) atoms. The molecule has 0 heterocycles. The fourth-order valence-electron chi connectivity index (χ4n) is 1.43. The molecule has 0 unspecified atom stereocenters. The first-order valence-corrected chi connectivity index (χ1v) is 8.56. The quantitative estimate of drug-likeness (QED) is 0.781. The minimum atomic E-state index is -4.14. The summed E-state index contributed by atoms with van der Waals surface area (Å²) in [5.74, 6) is 0. The highest BCUT2D eigenvalue weighted by Crippen LogP contribution is 2.20. The predicted molar refractivity (Wildman–Crippen MR) is 65.4 cm³/mol. The van der Waals surface area contributed by atoms with Gasteiger partial charge >= 0.3 is 9.24 Å². The number of hydrogen-bond donors (Lipinski definition) is 0. The lowest BCUT2D eigenvalue weighted by atomic mass is 10.2. The van der Waals surface area contributed by atoms with Gasteiger partial charge in [0.2, 0.25) is 0 Å². The van der Waals surface area contributed by atoms with Gasteiger partial charge in [0.05, 0.1) is 14.6 Å². The average Bonchev–Trinajstić information content (AvgIpc) is 1.97. The van der Waals surface area contributed by atoms with Crippen molar-refractivity contribution in [2.45, 2.75) is 18.7 Å². The molecule has 0 aliphatic rings. The maximum Gasteiger partial charge on any atom is 0.347 e. The van der Waals surface area contributed by atoms with Crippen molar-refractivity contribution in [2.75, 3.05) is 6.26 Å². The number of aryl methyl sites for hydroxylation is 2. The van der Waals surface area contributed by atoms with Crippen molar-refractivity contribution >= 4 is 29.6 Å². The van der Waals surface area contributed by atoms with Gasteiger partial charge in [0.15, 0.2) is 0 Å². The molecule has 0 bridgehead atoms. The van der Waals surface area contributed by atoms with E-state index in [1.165, 1.54) is 6.26 Å². The molecular weight excluding hydrogens is 270 g/mol. The summed E-state index contributed by atoms with van der Waals surface area (Å²) in [6.45, 7) is 3.64. The van der Waals surface area contributed by atoms with E-state index < -0.39 is 19.0 Å². The molecule has 7 heteroatoms.